The lowest BCUT2D eigenvalue weighted by molar-refractivity contribution is -0.942. The Morgan fingerprint density at radius 2 is 1.86 bits per heavy atom. The Balaban J connectivity index is 2.12. The normalized spacial score (nSPS) is 26.4. The summed E-state index contributed by atoms with van der Waals surface area (Å²) in [5.41, 5.74) is 0. The Kier molecular flexibility index (Phi) is 8.70. The third-order valence-corrected chi connectivity index (χ3v) is 4.80. The second kappa shape index (κ2) is 10.0. The van der Waals surface area contributed by atoms with Crippen molar-refractivity contribution in [2.24, 2.45) is 0 Å². The molecule has 3 heteroatoms. The van der Waals surface area contributed by atoms with Gasteiger partial charge in [0.05, 0.1) is 12.7 Å². The van der Waals surface area contributed by atoms with E-state index in [2.05, 4.69) is 37.5 Å². The van der Waals surface area contributed by atoms with Crippen molar-refractivity contribution >= 4 is 0 Å². The van der Waals surface area contributed by atoms with Crippen LogP contribution in [0.3, 0.4) is 0 Å². The van der Waals surface area contributed by atoms with Gasteiger partial charge in [0.15, 0.2) is 12.4 Å². The number of hydrogen-bond acceptors (Lipinski definition) is 2. The summed E-state index contributed by atoms with van der Waals surface area (Å²) in [6, 6.07) is 0. The van der Waals surface area contributed by atoms with E-state index in [9.17, 15) is 5.11 Å². The molecule has 0 aromatic heterocycles. The molecule has 3 unspecified atom stereocenters. The van der Waals surface area contributed by atoms with Crippen molar-refractivity contribution in [3.63, 3.8) is 0 Å². The molecule has 2 N–H and O–H groups in total. The van der Waals surface area contributed by atoms with Gasteiger partial charge >= 0.3 is 0 Å². The number of aliphatic hydroxyl groups excluding tert-OH is 1. The Labute approximate surface area is 131 Å². The number of rotatable bonds is 11. The zero-order valence-corrected chi connectivity index (χ0v) is 14.2. The molecule has 0 saturated heterocycles. The van der Waals surface area contributed by atoms with Crippen molar-refractivity contribution in [2.45, 2.75) is 84.5 Å². The molecule has 0 aliphatic carbocycles. The van der Waals surface area contributed by atoms with Gasteiger partial charge in [-0.2, -0.15) is 0 Å². The summed E-state index contributed by atoms with van der Waals surface area (Å²) in [5, 5.41) is 13.5. The molecule has 21 heavy (non-hydrogen) atoms. The van der Waals surface area contributed by atoms with Crippen LogP contribution >= 0.6 is 0 Å². The number of allylic oxidation sites excluding steroid dienone is 2. The highest BCUT2D eigenvalue weighted by molar-refractivity contribution is 4.84. The van der Waals surface area contributed by atoms with E-state index in [1.165, 1.54) is 44.9 Å². The van der Waals surface area contributed by atoms with Crippen LogP contribution in [0.2, 0.25) is 0 Å². The van der Waals surface area contributed by atoms with E-state index in [0.29, 0.717) is 10.6 Å². The van der Waals surface area contributed by atoms with E-state index >= 15 is 0 Å². The number of aliphatic hydroxyl groups is 1. The quantitative estimate of drug-likeness (QED) is 0.339. The highest BCUT2D eigenvalue weighted by atomic mass is 16.3. The van der Waals surface area contributed by atoms with Crippen LogP contribution in [0, 0.1) is 0 Å². The van der Waals surface area contributed by atoms with E-state index in [1.54, 1.807) is 0 Å². The first-order valence-electron chi connectivity index (χ1n) is 8.77. The van der Waals surface area contributed by atoms with Gasteiger partial charge in [0, 0.05) is 13.3 Å². The lowest BCUT2D eigenvalue weighted by atomic mass is 10.1. The molecule has 0 saturated carbocycles. The highest BCUT2D eigenvalue weighted by Gasteiger charge is 2.40. The fourth-order valence-electron chi connectivity index (χ4n) is 3.31. The minimum absolute atomic E-state index is 0.335. The third-order valence-electron chi connectivity index (χ3n) is 4.80. The zero-order valence-electron chi connectivity index (χ0n) is 14.2. The first-order chi connectivity index (χ1) is 10.2. The van der Waals surface area contributed by atoms with Gasteiger partial charge in [-0.25, -0.2) is 0 Å². The van der Waals surface area contributed by atoms with Crippen LogP contribution in [0.4, 0.5) is 0 Å². The molecule has 1 heterocycles. The molecule has 0 fully saturated rings. The smallest absolute Gasteiger partial charge is 0.193 e. The fourth-order valence-corrected chi connectivity index (χ4v) is 3.31. The van der Waals surface area contributed by atoms with Gasteiger partial charge in [0.1, 0.15) is 6.20 Å². The minimum atomic E-state index is -0.335. The summed E-state index contributed by atoms with van der Waals surface area (Å²) in [7, 11) is 0. The Bertz CT molecular complexity index is 325. The number of quaternary nitrogens is 1. The predicted octanol–water partition coefficient (Wildman–Crippen LogP) is 4.26. The third kappa shape index (κ3) is 5.48. The van der Waals surface area contributed by atoms with Crippen LogP contribution < -0.4 is 5.32 Å². The van der Waals surface area contributed by atoms with Crippen LogP contribution in [-0.2, 0) is 0 Å². The number of nitrogens with zero attached hydrogens (tertiary/aromatic N) is 1. The Morgan fingerprint density at radius 1 is 1.19 bits per heavy atom. The summed E-state index contributed by atoms with van der Waals surface area (Å²) in [6.45, 7) is 7.09. The first-order valence-corrected chi connectivity index (χ1v) is 8.77. The van der Waals surface area contributed by atoms with Crippen molar-refractivity contribution < 1.29 is 9.59 Å². The maximum absolute atomic E-state index is 10.1. The molecular weight excluding hydrogens is 260 g/mol. The molecule has 122 valence electrons. The molecule has 1 aliphatic heterocycles. The van der Waals surface area contributed by atoms with E-state index < -0.39 is 0 Å². The monoisotopic (exact) mass is 295 g/mol. The second-order valence-electron chi connectivity index (χ2n) is 6.21. The van der Waals surface area contributed by atoms with Crippen LogP contribution in [0.25, 0.3) is 0 Å². The van der Waals surface area contributed by atoms with Gasteiger partial charge in [-0.3, -0.25) is 4.48 Å². The van der Waals surface area contributed by atoms with Crippen molar-refractivity contribution in [3.05, 3.63) is 24.6 Å². The first kappa shape index (κ1) is 18.2. The van der Waals surface area contributed by atoms with Crippen LogP contribution in [0.1, 0.15) is 72.1 Å². The molecule has 0 aromatic rings. The van der Waals surface area contributed by atoms with Gasteiger partial charge in [-0.1, -0.05) is 37.8 Å². The average molecular weight is 295 g/mol. The van der Waals surface area contributed by atoms with E-state index in [4.69, 9.17) is 0 Å². The zero-order chi connectivity index (χ0) is 15.6. The summed E-state index contributed by atoms with van der Waals surface area (Å²) >= 11 is 0. The molecule has 0 spiro atoms. The lowest BCUT2D eigenvalue weighted by Crippen LogP contribution is -2.57. The van der Waals surface area contributed by atoms with Crippen LogP contribution in [-0.4, -0.2) is 28.5 Å². The van der Waals surface area contributed by atoms with E-state index in [-0.39, 0.29) is 6.23 Å². The molecule has 0 aromatic carbocycles. The Morgan fingerprint density at radius 3 is 2.48 bits per heavy atom. The van der Waals surface area contributed by atoms with Gasteiger partial charge < -0.3 is 10.4 Å². The number of hydrogen-bond donors (Lipinski definition) is 2. The number of nitrogens with one attached hydrogen (secondary N) is 1. The predicted molar refractivity (Wildman–Crippen MR) is 90.3 cm³/mol. The summed E-state index contributed by atoms with van der Waals surface area (Å²) in [6.07, 6.45) is 18.9. The maximum atomic E-state index is 10.1. The topological polar surface area (TPSA) is 32.3 Å². The fraction of sp³-hybridized carbons (Fsp3) is 0.778. The highest BCUT2D eigenvalue weighted by Crippen LogP contribution is 2.25. The molecule has 0 radical (unpaired) electrons. The largest absolute Gasteiger partial charge is 0.345 e. The molecule has 0 amide bonds. The van der Waals surface area contributed by atoms with Crippen molar-refractivity contribution in [1.82, 2.24) is 5.32 Å². The molecule has 3 atom stereocenters. The molecule has 0 bridgehead atoms. The van der Waals surface area contributed by atoms with Crippen molar-refractivity contribution in [1.29, 1.82) is 0 Å². The van der Waals surface area contributed by atoms with E-state index in [0.717, 1.165) is 13.0 Å². The molecular formula is C18H35N2O+. The summed E-state index contributed by atoms with van der Waals surface area (Å²) in [4.78, 5) is 0. The van der Waals surface area contributed by atoms with Gasteiger partial charge in [0.25, 0.3) is 0 Å². The second-order valence-corrected chi connectivity index (χ2v) is 6.21. The van der Waals surface area contributed by atoms with Crippen LogP contribution in [0.5, 0.6) is 0 Å². The molecule has 1 aliphatic rings. The standard InChI is InChI=1S/C18H35N2O/c1-4-6-7-8-9-10-11-12-13-14-18-19-15-16-20(18,5-2)17(3)21/h4,6,15-19,21H,5,7-14H2,1-3H3/q+1/b6-4+. The lowest BCUT2D eigenvalue weighted by Gasteiger charge is -2.39. The molecule has 1 rings (SSSR count). The van der Waals surface area contributed by atoms with E-state index in [1.807, 2.05) is 13.1 Å². The van der Waals surface area contributed by atoms with Gasteiger partial charge in [0.2, 0.25) is 0 Å². The van der Waals surface area contributed by atoms with Crippen molar-refractivity contribution in [3.8, 4) is 0 Å². The molecule has 3 nitrogen and oxygen atoms in total. The summed E-state index contributed by atoms with van der Waals surface area (Å²) in [5.74, 6) is 0. The number of unbranched alkanes of at least 4 members (excludes halogenated alkanes) is 6. The van der Waals surface area contributed by atoms with Crippen molar-refractivity contribution in [2.75, 3.05) is 6.54 Å². The van der Waals surface area contributed by atoms with Gasteiger partial charge in [-0.05, 0) is 33.1 Å². The average Bonchev–Trinajstić information content (AvgIpc) is 2.89. The summed E-state index contributed by atoms with van der Waals surface area (Å²) < 4.78 is 0.670. The SMILES string of the molecule is C/C=C/CCCCCCCCC1NC=C[N+]1(CC)C(C)O. The van der Waals surface area contributed by atoms with Crippen LogP contribution in [0.15, 0.2) is 24.6 Å². The maximum Gasteiger partial charge on any atom is 0.193 e. The Hall–Kier alpha value is -0.800. The van der Waals surface area contributed by atoms with Gasteiger partial charge in [-0.15, -0.1) is 0 Å². The minimum Gasteiger partial charge on any atom is -0.345 e.